The van der Waals surface area contributed by atoms with E-state index in [0.29, 0.717) is 5.56 Å². The first kappa shape index (κ1) is 40.3. The van der Waals surface area contributed by atoms with Gasteiger partial charge in [-0.2, -0.15) is 5.26 Å². The summed E-state index contributed by atoms with van der Waals surface area (Å²) in [6.07, 6.45) is 3.78. The number of aromatic nitrogens is 5. The Labute approximate surface area is 423 Å². The Morgan fingerprint density at radius 2 is 0.808 bits per heavy atom. The number of pyridine rings is 2. The average Bonchev–Trinajstić information content (AvgIpc) is 4.17. The number of benzene rings is 9. The molecule has 2 aliphatic rings. The van der Waals surface area contributed by atoms with Gasteiger partial charge >= 0.3 is 0 Å². The molecular formula is C66H38N6S. The lowest BCUT2D eigenvalue weighted by Crippen LogP contribution is -2.32. The number of nitrogens with zero attached hydrogens (tertiary/aromatic N) is 6. The van der Waals surface area contributed by atoms with Crippen LogP contribution in [-0.2, 0) is 5.41 Å². The zero-order chi connectivity index (χ0) is 47.9. The van der Waals surface area contributed by atoms with Crippen molar-refractivity contribution in [3.8, 4) is 45.6 Å². The Bertz CT molecular complexity index is 4660. The van der Waals surface area contributed by atoms with Gasteiger partial charge in [-0.05, 0) is 149 Å². The molecule has 0 bridgehead atoms. The number of nitriles is 1. The molecule has 0 atom stereocenters. The molecule has 0 N–H and O–H groups in total. The molecule has 0 amide bonds. The molecule has 0 saturated heterocycles. The fourth-order valence-electron chi connectivity index (χ4n) is 12.6. The maximum Gasteiger partial charge on any atom is 0.0991 e. The quantitative estimate of drug-likeness (QED) is 0.176. The van der Waals surface area contributed by atoms with E-state index in [1.165, 1.54) is 53.5 Å². The van der Waals surface area contributed by atoms with Gasteiger partial charge in [0, 0.05) is 71.6 Å². The van der Waals surface area contributed by atoms with Gasteiger partial charge < -0.3 is 13.7 Å². The molecule has 0 saturated carbocycles. The van der Waals surface area contributed by atoms with Crippen molar-refractivity contribution in [1.29, 1.82) is 5.26 Å². The molecule has 338 valence electrons. The van der Waals surface area contributed by atoms with Crippen LogP contribution in [0.1, 0.15) is 27.8 Å². The van der Waals surface area contributed by atoms with Gasteiger partial charge in [-0.1, -0.05) is 115 Å². The monoisotopic (exact) mass is 946 g/mol. The van der Waals surface area contributed by atoms with Gasteiger partial charge in [-0.3, -0.25) is 9.97 Å². The first-order valence-electron chi connectivity index (χ1n) is 24.6. The predicted octanol–water partition coefficient (Wildman–Crippen LogP) is 16.1. The second-order valence-electron chi connectivity index (χ2n) is 19.2. The van der Waals surface area contributed by atoms with E-state index >= 15 is 0 Å². The van der Waals surface area contributed by atoms with E-state index < -0.39 is 5.41 Å². The highest BCUT2D eigenvalue weighted by atomic mass is 32.2. The number of hydrogen-bond donors (Lipinski definition) is 0. The molecule has 7 heteroatoms. The molecule has 0 fully saturated rings. The molecule has 0 unspecified atom stereocenters. The summed E-state index contributed by atoms with van der Waals surface area (Å²) in [5.41, 5.74) is 18.8. The Hall–Kier alpha value is -9.48. The molecule has 1 aliphatic heterocycles. The molecule has 16 rings (SSSR count). The normalized spacial score (nSPS) is 13.2. The Morgan fingerprint density at radius 1 is 0.356 bits per heavy atom. The van der Waals surface area contributed by atoms with Crippen LogP contribution in [0.4, 0.5) is 0 Å². The molecule has 73 heavy (non-hydrogen) atoms. The number of hydrogen-bond acceptors (Lipinski definition) is 4. The van der Waals surface area contributed by atoms with Crippen LogP contribution in [0, 0.1) is 11.3 Å². The molecule has 1 aliphatic carbocycles. The minimum absolute atomic E-state index is 0.647. The van der Waals surface area contributed by atoms with Gasteiger partial charge in [0.2, 0.25) is 0 Å². The van der Waals surface area contributed by atoms with E-state index in [1.807, 2.05) is 36.3 Å². The summed E-state index contributed by atoms with van der Waals surface area (Å²) in [5.74, 6) is 0. The van der Waals surface area contributed by atoms with Crippen LogP contribution in [0.3, 0.4) is 0 Å². The zero-order valence-corrected chi connectivity index (χ0v) is 39.8. The summed E-state index contributed by atoms with van der Waals surface area (Å²) in [6, 6.07) is 81.7. The summed E-state index contributed by atoms with van der Waals surface area (Å²) in [7, 11) is 0. The van der Waals surface area contributed by atoms with Crippen LogP contribution in [0.25, 0.3) is 105 Å². The van der Waals surface area contributed by atoms with E-state index in [9.17, 15) is 5.26 Å². The Balaban J connectivity index is 0.890. The lowest BCUT2D eigenvalue weighted by Gasteiger charge is -2.39. The molecular weight excluding hydrogens is 909 g/mol. The van der Waals surface area contributed by atoms with Crippen LogP contribution >= 0.6 is 11.8 Å². The maximum atomic E-state index is 9.92. The molecule has 14 aromatic rings. The smallest absolute Gasteiger partial charge is 0.0991 e. The molecule has 5 aromatic heterocycles. The fraction of sp³-hybridized carbons (Fsp3) is 0.0152. The SMILES string of the molecule is N#Cc1ccc2c(c1)c1ccccc1n2-c1ccc2c(c1)C1(c3cc(-c4ccc5c(c4)c4ccccc4n5-c4cccc(-n5c6ccccc6c6ccccc65)c4)ccc3S2)c2cccnc2-c2ncccc21. The average molecular weight is 947 g/mol. The first-order chi connectivity index (χ1) is 36.2. The van der Waals surface area contributed by atoms with Gasteiger partial charge in [0.25, 0.3) is 0 Å². The van der Waals surface area contributed by atoms with E-state index in [-0.39, 0.29) is 0 Å². The molecule has 6 nitrogen and oxygen atoms in total. The standard InChI is InChI=1S/C66H38N6S/c67-39-40-24-28-60-50(34-40)48-16-3-7-22-58(48)72(60)45-27-31-63-55(38-45)66(52-18-10-32-68-64(52)65-53(66)19-11-33-69-65)54-36-42(26-30-62(54)73-63)41-25-29-61-51(35-41)49-17-4-8-23-59(49)71(61)44-13-9-12-43(37-44)70-56-20-5-1-14-46(56)47-15-2-6-21-57(47)70/h1-38H. The first-order valence-corrected chi connectivity index (χ1v) is 25.4. The van der Waals surface area contributed by atoms with Crippen molar-refractivity contribution in [2.45, 2.75) is 15.2 Å². The molecule has 9 aromatic carbocycles. The fourth-order valence-corrected chi connectivity index (χ4v) is 13.8. The highest BCUT2D eigenvalue weighted by molar-refractivity contribution is 7.99. The largest absolute Gasteiger partial charge is 0.309 e. The number of para-hydroxylation sites is 4. The van der Waals surface area contributed by atoms with Crippen molar-refractivity contribution in [2.75, 3.05) is 0 Å². The summed E-state index contributed by atoms with van der Waals surface area (Å²) in [6.45, 7) is 0. The van der Waals surface area contributed by atoms with Crippen LogP contribution in [0.2, 0.25) is 0 Å². The topological polar surface area (TPSA) is 64.4 Å². The van der Waals surface area contributed by atoms with Gasteiger partial charge in [0.15, 0.2) is 0 Å². The third-order valence-corrected chi connectivity index (χ3v) is 16.8. The Morgan fingerprint density at radius 3 is 1.38 bits per heavy atom. The van der Waals surface area contributed by atoms with E-state index in [0.717, 1.165) is 83.5 Å². The molecule has 1 spiro atoms. The minimum atomic E-state index is -0.719. The lowest BCUT2D eigenvalue weighted by atomic mass is 9.67. The Kier molecular flexibility index (Phi) is 8.28. The predicted molar refractivity (Wildman–Crippen MR) is 297 cm³/mol. The van der Waals surface area contributed by atoms with Gasteiger partial charge in [0.1, 0.15) is 0 Å². The van der Waals surface area contributed by atoms with Crippen LogP contribution in [0.15, 0.2) is 241 Å². The van der Waals surface area contributed by atoms with Crippen LogP contribution < -0.4 is 0 Å². The van der Waals surface area contributed by atoms with Crippen molar-refractivity contribution in [1.82, 2.24) is 23.7 Å². The van der Waals surface area contributed by atoms with Crippen molar-refractivity contribution < 1.29 is 0 Å². The number of fused-ring (bicyclic) bond motifs is 18. The van der Waals surface area contributed by atoms with Crippen molar-refractivity contribution in [3.05, 3.63) is 259 Å². The maximum absolute atomic E-state index is 9.92. The van der Waals surface area contributed by atoms with Crippen LogP contribution in [-0.4, -0.2) is 23.7 Å². The summed E-state index contributed by atoms with van der Waals surface area (Å²) >= 11 is 1.83. The van der Waals surface area contributed by atoms with Crippen molar-refractivity contribution >= 4 is 77.2 Å². The molecule has 0 radical (unpaired) electrons. The highest BCUT2D eigenvalue weighted by Crippen LogP contribution is 2.62. The lowest BCUT2D eigenvalue weighted by molar-refractivity contribution is 0.718. The third kappa shape index (κ3) is 5.47. The van der Waals surface area contributed by atoms with Crippen LogP contribution in [0.5, 0.6) is 0 Å². The van der Waals surface area contributed by atoms with Crippen molar-refractivity contribution in [2.24, 2.45) is 0 Å². The second kappa shape index (κ2) is 15.0. The minimum Gasteiger partial charge on any atom is -0.309 e. The summed E-state index contributed by atoms with van der Waals surface area (Å²) in [4.78, 5) is 12.6. The van der Waals surface area contributed by atoms with Gasteiger partial charge in [0.05, 0.1) is 61.5 Å². The summed E-state index contributed by atoms with van der Waals surface area (Å²) < 4.78 is 7.17. The van der Waals surface area contributed by atoms with Gasteiger partial charge in [-0.25, -0.2) is 0 Å². The zero-order valence-electron chi connectivity index (χ0n) is 39.0. The second-order valence-corrected chi connectivity index (χ2v) is 20.3. The number of rotatable bonds is 4. The van der Waals surface area contributed by atoms with E-state index in [4.69, 9.17) is 9.97 Å². The highest BCUT2D eigenvalue weighted by Gasteiger charge is 2.52. The van der Waals surface area contributed by atoms with E-state index in [1.54, 1.807) is 0 Å². The third-order valence-electron chi connectivity index (χ3n) is 15.6. The van der Waals surface area contributed by atoms with Gasteiger partial charge in [-0.15, -0.1) is 0 Å². The summed E-state index contributed by atoms with van der Waals surface area (Å²) in [5, 5.41) is 17.0. The van der Waals surface area contributed by atoms with Crippen molar-refractivity contribution in [3.63, 3.8) is 0 Å². The van der Waals surface area contributed by atoms with E-state index in [2.05, 4.69) is 226 Å². The molecule has 6 heterocycles.